The number of hydrogen-bond acceptors (Lipinski definition) is 2. The Morgan fingerprint density at radius 2 is 2.05 bits per heavy atom. The van der Waals surface area contributed by atoms with Crippen LogP contribution in [0.3, 0.4) is 0 Å². The van der Waals surface area contributed by atoms with E-state index in [2.05, 4.69) is 57.5 Å². The highest BCUT2D eigenvalue weighted by Crippen LogP contribution is 2.23. The van der Waals surface area contributed by atoms with Gasteiger partial charge in [0.2, 0.25) is 0 Å². The lowest BCUT2D eigenvalue weighted by molar-refractivity contribution is 0.0677. The topological polar surface area (TPSA) is 23.6 Å². The molecule has 1 fully saturated rings. The van der Waals surface area contributed by atoms with E-state index in [1.54, 1.807) is 0 Å². The van der Waals surface area contributed by atoms with Crippen LogP contribution >= 0.6 is 38.5 Å². The number of carbonyl (C=O) groups is 1. The van der Waals surface area contributed by atoms with Crippen LogP contribution < -0.4 is 0 Å². The van der Waals surface area contributed by atoms with Gasteiger partial charge in [0.05, 0.1) is 5.56 Å². The Morgan fingerprint density at radius 1 is 1.40 bits per heavy atom. The van der Waals surface area contributed by atoms with Gasteiger partial charge in [-0.25, -0.2) is 0 Å². The zero-order chi connectivity index (χ0) is 14.7. The second-order valence-corrected chi connectivity index (χ2v) is 7.70. The van der Waals surface area contributed by atoms with E-state index >= 15 is 0 Å². The Morgan fingerprint density at radius 3 is 2.65 bits per heavy atom. The largest absolute Gasteiger partial charge is 0.339 e. The zero-order valence-corrected chi connectivity index (χ0v) is 15.6. The zero-order valence-electron chi connectivity index (χ0n) is 11.9. The van der Waals surface area contributed by atoms with Crippen molar-refractivity contribution in [3.8, 4) is 0 Å². The SMILES string of the molecule is CN(C)CC1CCN(C(=O)c2cc(Br)ccc2I)CC1. The van der Waals surface area contributed by atoms with Gasteiger partial charge in [0.15, 0.2) is 0 Å². The van der Waals surface area contributed by atoms with Crippen LogP contribution in [0.4, 0.5) is 0 Å². The summed E-state index contributed by atoms with van der Waals surface area (Å²) in [5.41, 5.74) is 0.811. The summed E-state index contributed by atoms with van der Waals surface area (Å²) in [7, 11) is 4.22. The normalized spacial score (nSPS) is 16.8. The van der Waals surface area contributed by atoms with Gasteiger partial charge in [0.25, 0.3) is 5.91 Å². The monoisotopic (exact) mass is 450 g/mol. The number of rotatable bonds is 3. The number of piperidine rings is 1. The van der Waals surface area contributed by atoms with Gasteiger partial charge in [-0.1, -0.05) is 15.9 Å². The molecule has 0 bridgehead atoms. The number of amides is 1. The number of halogens is 2. The lowest BCUT2D eigenvalue weighted by Gasteiger charge is -2.33. The molecule has 0 radical (unpaired) electrons. The standard InChI is InChI=1S/C15H20BrIN2O/c1-18(2)10-11-5-7-19(8-6-11)15(20)13-9-12(16)3-4-14(13)17/h3-4,9,11H,5-8,10H2,1-2H3. The maximum absolute atomic E-state index is 12.6. The second kappa shape index (κ2) is 7.22. The molecule has 1 amide bonds. The highest BCUT2D eigenvalue weighted by atomic mass is 127. The van der Waals surface area contributed by atoms with Crippen LogP contribution in [-0.4, -0.2) is 49.4 Å². The summed E-state index contributed by atoms with van der Waals surface area (Å²) in [4.78, 5) is 16.8. The van der Waals surface area contributed by atoms with E-state index in [4.69, 9.17) is 0 Å². The van der Waals surface area contributed by atoms with E-state index in [9.17, 15) is 4.79 Å². The van der Waals surface area contributed by atoms with Crippen molar-refractivity contribution >= 4 is 44.4 Å². The summed E-state index contributed by atoms with van der Waals surface area (Å²) >= 11 is 5.68. The Hall–Kier alpha value is -0.140. The van der Waals surface area contributed by atoms with E-state index in [0.29, 0.717) is 0 Å². The molecule has 5 heteroatoms. The van der Waals surface area contributed by atoms with E-state index in [1.807, 2.05) is 23.1 Å². The Bertz CT molecular complexity index is 485. The Labute approximate surface area is 143 Å². The van der Waals surface area contributed by atoms with Gasteiger partial charge in [-0.3, -0.25) is 4.79 Å². The molecule has 0 aromatic heterocycles. The average molecular weight is 451 g/mol. The summed E-state index contributed by atoms with van der Waals surface area (Å²) in [6, 6.07) is 5.88. The third-order valence-corrected chi connectivity index (χ3v) is 5.12. The average Bonchev–Trinajstić information content (AvgIpc) is 2.41. The second-order valence-electron chi connectivity index (χ2n) is 5.62. The van der Waals surface area contributed by atoms with Gasteiger partial charge in [-0.2, -0.15) is 0 Å². The fraction of sp³-hybridized carbons (Fsp3) is 0.533. The van der Waals surface area contributed by atoms with Crippen molar-refractivity contribution in [2.75, 3.05) is 33.7 Å². The van der Waals surface area contributed by atoms with Crippen molar-refractivity contribution in [2.24, 2.45) is 5.92 Å². The van der Waals surface area contributed by atoms with Crippen molar-refractivity contribution < 1.29 is 4.79 Å². The van der Waals surface area contributed by atoms with Gasteiger partial charge in [0.1, 0.15) is 0 Å². The summed E-state index contributed by atoms with van der Waals surface area (Å²) in [5, 5.41) is 0. The minimum atomic E-state index is 0.166. The molecular weight excluding hydrogens is 431 g/mol. The summed E-state index contributed by atoms with van der Waals surface area (Å²) < 4.78 is 1.98. The van der Waals surface area contributed by atoms with E-state index in [-0.39, 0.29) is 5.91 Å². The molecule has 1 aliphatic rings. The molecule has 20 heavy (non-hydrogen) atoms. The van der Waals surface area contributed by atoms with Crippen LogP contribution in [0.1, 0.15) is 23.2 Å². The van der Waals surface area contributed by atoms with Crippen LogP contribution in [-0.2, 0) is 0 Å². The fourth-order valence-corrected chi connectivity index (χ4v) is 3.59. The number of benzene rings is 1. The highest BCUT2D eigenvalue weighted by molar-refractivity contribution is 14.1. The third-order valence-electron chi connectivity index (χ3n) is 3.68. The first-order valence-corrected chi connectivity index (χ1v) is 8.73. The quantitative estimate of drug-likeness (QED) is 0.658. The molecule has 0 unspecified atom stereocenters. The maximum atomic E-state index is 12.6. The van der Waals surface area contributed by atoms with Gasteiger partial charge in [0, 0.05) is 27.7 Å². The predicted octanol–water partition coefficient (Wildman–Crippen LogP) is 3.47. The molecule has 2 rings (SSSR count). The lowest BCUT2D eigenvalue weighted by Crippen LogP contribution is -2.40. The number of carbonyl (C=O) groups excluding carboxylic acids is 1. The van der Waals surface area contributed by atoms with E-state index in [1.165, 1.54) is 0 Å². The van der Waals surface area contributed by atoms with Crippen LogP contribution in [0.15, 0.2) is 22.7 Å². The fourth-order valence-electron chi connectivity index (χ4n) is 2.67. The summed E-state index contributed by atoms with van der Waals surface area (Å²) in [5.74, 6) is 0.884. The molecule has 110 valence electrons. The molecule has 1 aromatic rings. The molecule has 0 aliphatic carbocycles. The minimum absolute atomic E-state index is 0.166. The first-order chi connectivity index (χ1) is 9.47. The molecule has 0 N–H and O–H groups in total. The van der Waals surface area contributed by atoms with Crippen LogP contribution in [0.2, 0.25) is 0 Å². The summed E-state index contributed by atoms with van der Waals surface area (Å²) in [6.45, 7) is 2.87. The van der Waals surface area contributed by atoms with Crippen LogP contribution in [0.5, 0.6) is 0 Å². The molecule has 1 aliphatic heterocycles. The van der Waals surface area contributed by atoms with Gasteiger partial charge < -0.3 is 9.80 Å². The minimum Gasteiger partial charge on any atom is -0.339 e. The number of nitrogens with zero attached hydrogens (tertiary/aromatic N) is 2. The third kappa shape index (κ3) is 4.18. The van der Waals surface area contributed by atoms with Crippen LogP contribution in [0, 0.1) is 9.49 Å². The molecule has 1 aromatic carbocycles. The molecule has 0 atom stereocenters. The van der Waals surface area contributed by atoms with Crippen molar-refractivity contribution in [1.82, 2.24) is 9.80 Å². The van der Waals surface area contributed by atoms with E-state index in [0.717, 1.165) is 52.0 Å². The van der Waals surface area contributed by atoms with Gasteiger partial charge in [-0.15, -0.1) is 0 Å². The molecule has 1 saturated heterocycles. The molecule has 0 spiro atoms. The number of likely N-dealkylation sites (tertiary alicyclic amines) is 1. The number of hydrogen-bond donors (Lipinski definition) is 0. The molecule has 1 heterocycles. The molecule has 3 nitrogen and oxygen atoms in total. The van der Waals surface area contributed by atoms with Crippen molar-refractivity contribution in [3.63, 3.8) is 0 Å². The highest BCUT2D eigenvalue weighted by Gasteiger charge is 2.25. The van der Waals surface area contributed by atoms with Crippen molar-refractivity contribution in [1.29, 1.82) is 0 Å². The smallest absolute Gasteiger partial charge is 0.254 e. The van der Waals surface area contributed by atoms with Gasteiger partial charge >= 0.3 is 0 Å². The van der Waals surface area contributed by atoms with E-state index < -0.39 is 0 Å². The lowest BCUT2D eigenvalue weighted by atomic mass is 9.96. The van der Waals surface area contributed by atoms with Crippen molar-refractivity contribution in [2.45, 2.75) is 12.8 Å². The van der Waals surface area contributed by atoms with Crippen LogP contribution in [0.25, 0.3) is 0 Å². The Kier molecular flexibility index (Phi) is 5.86. The van der Waals surface area contributed by atoms with Crippen molar-refractivity contribution in [3.05, 3.63) is 31.8 Å². The molecule has 0 saturated carbocycles. The molecular formula is C15H20BrIN2O. The van der Waals surface area contributed by atoms with Gasteiger partial charge in [-0.05, 0) is 73.6 Å². The Balaban J connectivity index is 2.00. The maximum Gasteiger partial charge on any atom is 0.254 e. The predicted molar refractivity (Wildman–Crippen MR) is 94.0 cm³/mol. The summed E-state index contributed by atoms with van der Waals surface area (Å²) in [6.07, 6.45) is 2.21. The first kappa shape index (κ1) is 16.2. The first-order valence-electron chi connectivity index (χ1n) is 6.86.